The third-order valence-corrected chi connectivity index (χ3v) is 3.90. The van der Waals surface area contributed by atoms with Crippen LogP contribution in [0, 0.1) is 0 Å². The summed E-state index contributed by atoms with van der Waals surface area (Å²) in [5.41, 5.74) is 2.55. The molecular formula is C16H21ClN4. The molecule has 5 heteroatoms. The third-order valence-electron chi connectivity index (χ3n) is 3.70. The standard InChI is InChI=1S/C16H18ClN3.H3N/c17-16-12-15(6-7-18-16)20-10-8-19(9-11-20)13-14-4-2-1-3-5-14;/h1-7,12H,8-11,13H2;1H3. The summed E-state index contributed by atoms with van der Waals surface area (Å²) < 4.78 is 0. The zero-order valence-corrected chi connectivity index (χ0v) is 12.8. The molecule has 0 amide bonds. The normalized spacial score (nSPS) is 15.6. The Morgan fingerprint density at radius 2 is 1.71 bits per heavy atom. The molecule has 2 aromatic rings. The molecule has 0 spiro atoms. The first kappa shape index (κ1) is 15.8. The zero-order chi connectivity index (χ0) is 13.8. The van der Waals surface area contributed by atoms with Gasteiger partial charge in [-0.1, -0.05) is 41.9 Å². The topological polar surface area (TPSA) is 54.4 Å². The Kier molecular flexibility index (Phi) is 5.56. The highest BCUT2D eigenvalue weighted by atomic mass is 35.5. The Labute approximate surface area is 130 Å². The SMILES string of the molecule is Clc1cc(N2CCN(Cc3ccccc3)CC2)ccn1.N. The lowest BCUT2D eigenvalue weighted by molar-refractivity contribution is 0.250. The summed E-state index contributed by atoms with van der Waals surface area (Å²) in [6.45, 7) is 5.26. The second-order valence-electron chi connectivity index (χ2n) is 5.09. The average molecular weight is 305 g/mol. The smallest absolute Gasteiger partial charge is 0.131 e. The van der Waals surface area contributed by atoms with Gasteiger partial charge in [0.15, 0.2) is 0 Å². The van der Waals surface area contributed by atoms with Crippen molar-refractivity contribution in [3.63, 3.8) is 0 Å². The van der Waals surface area contributed by atoms with Crippen LogP contribution in [0.3, 0.4) is 0 Å². The van der Waals surface area contributed by atoms with Gasteiger partial charge in [0.25, 0.3) is 0 Å². The van der Waals surface area contributed by atoms with Crippen molar-refractivity contribution in [1.29, 1.82) is 0 Å². The van der Waals surface area contributed by atoms with Crippen LogP contribution in [-0.4, -0.2) is 36.1 Å². The fourth-order valence-corrected chi connectivity index (χ4v) is 2.76. The Bertz CT molecular complexity index is 553. The predicted molar refractivity (Wildman–Crippen MR) is 88.2 cm³/mol. The minimum Gasteiger partial charge on any atom is -0.369 e. The molecule has 0 atom stereocenters. The highest BCUT2D eigenvalue weighted by molar-refractivity contribution is 6.29. The minimum atomic E-state index is 0. The lowest BCUT2D eigenvalue weighted by atomic mass is 10.2. The van der Waals surface area contributed by atoms with Gasteiger partial charge in [-0.15, -0.1) is 0 Å². The first-order chi connectivity index (χ1) is 9.81. The number of benzene rings is 1. The van der Waals surface area contributed by atoms with Gasteiger partial charge < -0.3 is 11.1 Å². The fourth-order valence-electron chi connectivity index (χ4n) is 2.59. The number of nitrogens with zero attached hydrogens (tertiary/aromatic N) is 3. The summed E-state index contributed by atoms with van der Waals surface area (Å²) in [7, 11) is 0. The quantitative estimate of drug-likeness (QED) is 0.885. The molecule has 21 heavy (non-hydrogen) atoms. The molecule has 1 aromatic carbocycles. The van der Waals surface area contributed by atoms with E-state index in [4.69, 9.17) is 11.6 Å². The van der Waals surface area contributed by atoms with Gasteiger partial charge in [-0.25, -0.2) is 4.98 Å². The van der Waals surface area contributed by atoms with E-state index in [2.05, 4.69) is 45.1 Å². The largest absolute Gasteiger partial charge is 0.369 e. The number of hydrogen-bond acceptors (Lipinski definition) is 4. The van der Waals surface area contributed by atoms with E-state index in [0.717, 1.165) is 32.7 Å². The summed E-state index contributed by atoms with van der Waals surface area (Å²) in [4.78, 5) is 8.90. The lowest BCUT2D eigenvalue weighted by Crippen LogP contribution is -2.45. The van der Waals surface area contributed by atoms with Crippen molar-refractivity contribution in [1.82, 2.24) is 16.0 Å². The van der Waals surface area contributed by atoms with Crippen LogP contribution in [0.1, 0.15) is 5.56 Å². The Hall–Kier alpha value is -1.62. The predicted octanol–water partition coefficient (Wildman–Crippen LogP) is 3.22. The molecule has 0 aliphatic carbocycles. The van der Waals surface area contributed by atoms with Crippen molar-refractivity contribution in [2.75, 3.05) is 31.1 Å². The summed E-state index contributed by atoms with van der Waals surface area (Å²) in [6, 6.07) is 14.6. The maximum atomic E-state index is 5.95. The zero-order valence-electron chi connectivity index (χ0n) is 12.1. The number of piperazine rings is 1. The molecule has 1 aliphatic heterocycles. The molecule has 3 rings (SSSR count). The van der Waals surface area contributed by atoms with Crippen molar-refractivity contribution >= 4 is 17.3 Å². The third kappa shape index (κ3) is 4.17. The van der Waals surface area contributed by atoms with Crippen LogP contribution >= 0.6 is 11.6 Å². The van der Waals surface area contributed by atoms with Gasteiger partial charge in [0.1, 0.15) is 5.15 Å². The Morgan fingerprint density at radius 3 is 2.38 bits per heavy atom. The van der Waals surface area contributed by atoms with E-state index in [1.807, 2.05) is 12.1 Å². The van der Waals surface area contributed by atoms with E-state index in [1.165, 1.54) is 11.3 Å². The first-order valence-electron chi connectivity index (χ1n) is 6.94. The van der Waals surface area contributed by atoms with Gasteiger partial charge in [0, 0.05) is 44.6 Å². The van der Waals surface area contributed by atoms with E-state index < -0.39 is 0 Å². The number of rotatable bonds is 3. The monoisotopic (exact) mass is 304 g/mol. The molecule has 112 valence electrons. The fraction of sp³-hybridized carbons (Fsp3) is 0.312. The second kappa shape index (κ2) is 7.41. The van der Waals surface area contributed by atoms with E-state index in [9.17, 15) is 0 Å². The van der Waals surface area contributed by atoms with Gasteiger partial charge >= 0.3 is 0 Å². The van der Waals surface area contributed by atoms with E-state index >= 15 is 0 Å². The van der Waals surface area contributed by atoms with Crippen LogP contribution < -0.4 is 11.1 Å². The molecule has 0 radical (unpaired) electrons. The summed E-state index contributed by atoms with van der Waals surface area (Å²) in [5, 5.41) is 0.564. The summed E-state index contributed by atoms with van der Waals surface area (Å²) in [6.07, 6.45) is 1.77. The molecule has 1 fully saturated rings. The van der Waals surface area contributed by atoms with Crippen LogP contribution in [0.5, 0.6) is 0 Å². The number of anilines is 1. The molecule has 0 saturated carbocycles. The maximum absolute atomic E-state index is 5.95. The van der Waals surface area contributed by atoms with Gasteiger partial charge in [-0.2, -0.15) is 0 Å². The lowest BCUT2D eigenvalue weighted by Gasteiger charge is -2.36. The molecular weight excluding hydrogens is 284 g/mol. The number of hydrogen-bond donors (Lipinski definition) is 1. The van der Waals surface area contributed by atoms with Crippen LogP contribution in [0.15, 0.2) is 48.7 Å². The van der Waals surface area contributed by atoms with Gasteiger partial charge in [-0.3, -0.25) is 4.90 Å². The van der Waals surface area contributed by atoms with E-state index in [0.29, 0.717) is 5.15 Å². The van der Waals surface area contributed by atoms with Crippen molar-refractivity contribution in [2.45, 2.75) is 6.54 Å². The highest BCUT2D eigenvalue weighted by Crippen LogP contribution is 2.19. The molecule has 0 unspecified atom stereocenters. The number of halogens is 1. The van der Waals surface area contributed by atoms with Crippen molar-refractivity contribution in [3.05, 3.63) is 59.4 Å². The van der Waals surface area contributed by atoms with Crippen LogP contribution in [0.25, 0.3) is 0 Å². The summed E-state index contributed by atoms with van der Waals surface area (Å²) >= 11 is 5.95. The highest BCUT2D eigenvalue weighted by Gasteiger charge is 2.17. The summed E-state index contributed by atoms with van der Waals surface area (Å²) in [5.74, 6) is 0. The average Bonchev–Trinajstić information content (AvgIpc) is 2.49. The number of aromatic nitrogens is 1. The van der Waals surface area contributed by atoms with Gasteiger partial charge in [0.05, 0.1) is 0 Å². The molecule has 1 saturated heterocycles. The minimum absolute atomic E-state index is 0. The first-order valence-corrected chi connectivity index (χ1v) is 7.32. The Balaban J connectivity index is 0.00000161. The molecule has 0 bridgehead atoms. The molecule has 4 nitrogen and oxygen atoms in total. The van der Waals surface area contributed by atoms with Crippen LogP contribution in [-0.2, 0) is 6.54 Å². The van der Waals surface area contributed by atoms with Crippen molar-refractivity contribution < 1.29 is 0 Å². The molecule has 1 aromatic heterocycles. The Morgan fingerprint density at radius 1 is 1.00 bits per heavy atom. The van der Waals surface area contributed by atoms with E-state index in [-0.39, 0.29) is 6.15 Å². The van der Waals surface area contributed by atoms with Crippen molar-refractivity contribution in [2.24, 2.45) is 0 Å². The molecule has 3 N–H and O–H groups in total. The van der Waals surface area contributed by atoms with Crippen molar-refractivity contribution in [3.8, 4) is 0 Å². The van der Waals surface area contributed by atoms with Gasteiger partial charge in [-0.05, 0) is 17.7 Å². The second-order valence-corrected chi connectivity index (χ2v) is 5.47. The molecule has 2 heterocycles. The van der Waals surface area contributed by atoms with Gasteiger partial charge in [0.2, 0.25) is 0 Å². The van der Waals surface area contributed by atoms with Crippen LogP contribution in [0.2, 0.25) is 5.15 Å². The maximum Gasteiger partial charge on any atom is 0.131 e. The number of pyridine rings is 1. The molecule has 1 aliphatic rings. The van der Waals surface area contributed by atoms with E-state index in [1.54, 1.807) is 6.20 Å². The van der Waals surface area contributed by atoms with Crippen LogP contribution in [0.4, 0.5) is 5.69 Å².